The minimum atomic E-state index is 0.546. The molecule has 354 valence electrons. The zero-order valence-corrected chi connectivity index (χ0v) is 41.1. The Morgan fingerprint density at radius 2 is 1.14 bits per heavy atom. The first-order valence-corrected chi connectivity index (χ1v) is 29.2. The van der Waals surface area contributed by atoms with Crippen LogP contribution in [0.1, 0.15) is 193 Å². The van der Waals surface area contributed by atoms with Gasteiger partial charge in [0, 0.05) is 29.9 Å². The molecule has 0 aliphatic heterocycles. The number of allylic oxidation sites excluding steroid dienone is 11. The number of fused-ring (bicyclic) bond motifs is 2. The first-order valence-electron chi connectivity index (χ1n) is 29.2. The second-order valence-corrected chi connectivity index (χ2v) is 24.4. The summed E-state index contributed by atoms with van der Waals surface area (Å²) in [4.78, 5) is 6.25. The van der Waals surface area contributed by atoms with Gasteiger partial charge in [-0.3, -0.25) is 4.90 Å². The Morgan fingerprint density at radius 1 is 0.385 bits per heavy atom. The SMILES string of the molecule is C1=CC[C@@H](N(C2C=CC(C3CCC(C4CC=C(N(C5CCCCC5)C5C=CC(C6CC=CCC6)C6CCCCC65)CC4)CC3)CC2)[C@@H]2CCC(C3CC=CCC3)C3CCC=CC32)C=CC1. The summed E-state index contributed by atoms with van der Waals surface area (Å²) in [6, 6.07) is 3.27. The van der Waals surface area contributed by atoms with Crippen LogP contribution in [0.3, 0.4) is 0 Å². The normalized spacial score (nSPS) is 43.4. The average Bonchev–Trinajstić information content (AvgIpc) is 3.67. The zero-order chi connectivity index (χ0) is 43.4. The van der Waals surface area contributed by atoms with Crippen molar-refractivity contribution in [1.29, 1.82) is 0 Å². The molecule has 12 unspecified atom stereocenters. The van der Waals surface area contributed by atoms with Crippen molar-refractivity contribution in [2.45, 2.75) is 223 Å². The van der Waals surface area contributed by atoms with Gasteiger partial charge in [-0.1, -0.05) is 123 Å². The molecule has 0 N–H and O–H groups in total. The molecule has 0 saturated heterocycles. The Bertz CT molecular complexity index is 1790. The highest BCUT2D eigenvalue weighted by molar-refractivity contribution is 5.21. The minimum Gasteiger partial charge on any atom is -0.365 e. The highest BCUT2D eigenvalue weighted by Crippen LogP contribution is 2.53. The second kappa shape index (κ2) is 21.5. The minimum absolute atomic E-state index is 0.546. The standard InChI is InChI=1S/C63H92N2/c1-2-11-23-52(22-10-1)64(62-44-42-56(50-18-6-3-7-19-50)58-26-14-16-28-60(58)62)54-38-34-48(35-39-54)46-30-32-47(33-31-46)49-36-40-55(41-37-49)65(53-24-12-5-13-25-53)63-45-43-57(51-20-8-4-9-21-51)59-27-15-17-29-61(59)63/h1,3-4,6,8,10-11,16,23,28,34,38,40,43,45-54,56-63H,2,5,7,9,12-15,17-22,24-27,29-33,35-37,39,41-42,44H2/t46?,47?,48?,49?,50?,51?,52-,54?,56?,57?,58?,59?,60?,61?,62-,63?/m1/s1. The van der Waals surface area contributed by atoms with Crippen molar-refractivity contribution in [2.75, 3.05) is 0 Å². The fraction of sp³-hybridized carbons (Fsp3) is 0.746. The Hall–Kier alpha value is -2.32. The van der Waals surface area contributed by atoms with Crippen molar-refractivity contribution in [3.05, 3.63) is 96.8 Å². The molecule has 4 saturated carbocycles. The van der Waals surface area contributed by atoms with Crippen molar-refractivity contribution in [3.8, 4) is 0 Å². The van der Waals surface area contributed by atoms with Crippen LogP contribution in [-0.4, -0.2) is 40.0 Å². The monoisotopic (exact) mass is 877 g/mol. The van der Waals surface area contributed by atoms with Crippen LogP contribution in [0.4, 0.5) is 0 Å². The van der Waals surface area contributed by atoms with Gasteiger partial charge in [0.05, 0.1) is 6.04 Å². The van der Waals surface area contributed by atoms with Gasteiger partial charge in [-0.2, -0.15) is 0 Å². The first kappa shape index (κ1) is 45.1. The number of rotatable bonds is 10. The summed E-state index contributed by atoms with van der Waals surface area (Å²) in [5.41, 5.74) is 1.79. The number of hydrogen-bond acceptors (Lipinski definition) is 2. The fourth-order valence-corrected chi connectivity index (χ4v) is 18.0. The van der Waals surface area contributed by atoms with E-state index in [0.717, 1.165) is 83.5 Å². The van der Waals surface area contributed by atoms with Crippen LogP contribution in [0.5, 0.6) is 0 Å². The lowest BCUT2D eigenvalue weighted by molar-refractivity contribution is -0.00523. The molecular weight excluding hydrogens is 785 g/mol. The molecule has 4 fully saturated rings. The van der Waals surface area contributed by atoms with Crippen LogP contribution < -0.4 is 0 Å². The van der Waals surface area contributed by atoms with Crippen LogP contribution in [0.15, 0.2) is 96.8 Å². The Labute approximate surface area is 398 Å². The van der Waals surface area contributed by atoms with E-state index in [-0.39, 0.29) is 0 Å². The van der Waals surface area contributed by atoms with Gasteiger partial charge >= 0.3 is 0 Å². The lowest BCUT2D eigenvalue weighted by Crippen LogP contribution is -2.56. The fourth-order valence-electron chi connectivity index (χ4n) is 18.0. The molecule has 11 rings (SSSR count). The van der Waals surface area contributed by atoms with Crippen LogP contribution in [0, 0.1) is 71.0 Å². The van der Waals surface area contributed by atoms with E-state index >= 15 is 0 Å². The quantitative estimate of drug-likeness (QED) is 0.202. The smallest absolute Gasteiger partial charge is 0.0504 e. The van der Waals surface area contributed by atoms with Gasteiger partial charge in [0.2, 0.25) is 0 Å². The summed E-state index contributed by atoms with van der Waals surface area (Å²) in [5.74, 6) is 10.6. The van der Waals surface area contributed by atoms with E-state index in [2.05, 4.69) is 101 Å². The van der Waals surface area contributed by atoms with Crippen LogP contribution in [0.2, 0.25) is 0 Å². The van der Waals surface area contributed by atoms with E-state index in [0.29, 0.717) is 24.2 Å². The molecule has 0 amide bonds. The molecule has 2 heteroatoms. The average molecular weight is 877 g/mol. The Balaban J connectivity index is 0.733. The van der Waals surface area contributed by atoms with Gasteiger partial charge in [-0.25, -0.2) is 0 Å². The van der Waals surface area contributed by atoms with Gasteiger partial charge in [0.15, 0.2) is 0 Å². The zero-order valence-electron chi connectivity index (χ0n) is 41.1. The van der Waals surface area contributed by atoms with E-state index in [1.165, 1.54) is 186 Å². The van der Waals surface area contributed by atoms with E-state index in [1.54, 1.807) is 5.70 Å². The molecule has 0 bridgehead atoms. The summed E-state index contributed by atoms with van der Waals surface area (Å²) in [7, 11) is 0. The van der Waals surface area contributed by atoms with Crippen molar-refractivity contribution < 1.29 is 0 Å². The van der Waals surface area contributed by atoms with Crippen molar-refractivity contribution in [2.24, 2.45) is 71.0 Å². The van der Waals surface area contributed by atoms with Crippen molar-refractivity contribution in [1.82, 2.24) is 9.80 Å². The maximum Gasteiger partial charge on any atom is 0.0504 e. The lowest BCUT2D eigenvalue weighted by atomic mass is 9.60. The van der Waals surface area contributed by atoms with Crippen molar-refractivity contribution in [3.63, 3.8) is 0 Å². The van der Waals surface area contributed by atoms with Gasteiger partial charge in [-0.15, -0.1) is 0 Å². The highest BCUT2D eigenvalue weighted by atomic mass is 15.2. The van der Waals surface area contributed by atoms with E-state index in [1.807, 2.05) is 0 Å². The summed E-state index contributed by atoms with van der Waals surface area (Å²) >= 11 is 0. The molecular formula is C63H92N2. The Kier molecular flexibility index (Phi) is 15.0. The predicted octanol–water partition coefficient (Wildman–Crippen LogP) is 16.5. The van der Waals surface area contributed by atoms with Crippen molar-refractivity contribution >= 4 is 0 Å². The molecule has 0 aromatic heterocycles. The predicted molar refractivity (Wildman–Crippen MR) is 275 cm³/mol. The van der Waals surface area contributed by atoms with Gasteiger partial charge < -0.3 is 4.90 Å². The highest BCUT2D eigenvalue weighted by Gasteiger charge is 2.48. The first-order chi connectivity index (χ1) is 32.3. The molecule has 0 heterocycles. The molecule has 11 aliphatic rings. The lowest BCUT2D eigenvalue weighted by Gasteiger charge is -2.53. The molecule has 65 heavy (non-hydrogen) atoms. The van der Waals surface area contributed by atoms with E-state index in [9.17, 15) is 0 Å². The summed E-state index contributed by atoms with van der Waals surface area (Å²) < 4.78 is 0. The third-order valence-electron chi connectivity index (χ3n) is 21.3. The summed E-state index contributed by atoms with van der Waals surface area (Å²) in [5, 5.41) is 0. The second-order valence-electron chi connectivity index (χ2n) is 24.4. The molecule has 11 aliphatic carbocycles. The topological polar surface area (TPSA) is 6.48 Å². The Morgan fingerprint density at radius 3 is 1.91 bits per heavy atom. The van der Waals surface area contributed by atoms with Gasteiger partial charge in [0.1, 0.15) is 0 Å². The van der Waals surface area contributed by atoms with E-state index < -0.39 is 0 Å². The molecule has 14 atom stereocenters. The van der Waals surface area contributed by atoms with Gasteiger partial charge in [-0.05, 0) is 232 Å². The van der Waals surface area contributed by atoms with Crippen LogP contribution in [-0.2, 0) is 0 Å². The summed E-state index contributed by atoms with van der Waals surface area (Å²) in [6.07, 6.45) is 81.4. The van der Waals surface area contributed by atoms with Gasteiger partial charge in [0.25, 0.3) is 0 Å². The molecule has 0 spiro atoms. The van der Waals surface area contributed by atoms with E-state index in [4.69, 9.17) is 0 Å². The molecule has 0 radical (unpaired) electrons. The number of hydrogen-bond donors (Lipinski definition) is 0. The maximum atomic E-state index is 3.14. The molecule has 2 nitrogen and oxygen atoms in total. The largest absolute Gasteiger partial charge is 0.365 e. The molecule has 0 aromatic rings. The van der Waals surface area contributed by atoms with Crippen LogP contribution >= 0.6 is 0 Å². The van der Waals surface area contributed by atoms with Crippen LogP contribution in [0.25, 0.3) is 0 Å². The third-order valence-corrected chi connectivity index (χ3v) is 21.3. The summed E-state index contributed by atoms with van der Waals surface area (Å²) in [6.45, 7) is 0. The maximum absolute atomic E-state index is 3.14. The molecule has 0 aromatic carbocycles. The third kappa shape index (κ3) is 9.94. The number of nitrogens with zero attached hydrogens (tertiary/aromatic N) is 2.